The van der Waals surface area contributed by atoms with Gasteiger partial charge in [0.1, 0.15) is 5.52 Å². The molecule has 106 valence electrons. The predicted octanol–water partition coefficient (Wildman–Crippen LogP) is 1.52. The molecule has 3 N–H and O–H groups in total. The first kappa shape index (κ1) is 12.0. The van der Waals surface area contributed by atoms with E-state index in [4.69, 9.17) is 5.73 Å². The van der Waals surface area contributed by atoms with Crippen molar-refractivity contribution in [1.29, 1.82) is 0 Å². The first-order valence-electron chi connectivity index (χ1n) is 6.78. The number of rotatable bonds is 1. The monoisotopic (exact) mass is 281 g/mol. The van der Waals surface area contributed by atoms with Crippen LogP contribution >= 0.6 is 0 Å². The van der Waals surface area contributed by atoms with Crippen molar-refractivity contribution in [3.8, 4) is 0 Å². The van der Waals surface area contributed by atoms with Gasteiger partial charge in [-0.05, 0) is 12.1 Å². The van der Waals surface area contributed by atoms with Crippen LogP contribution in [0, 0.1) is 0 Å². The molecular weight excluding hydrogens is 266 g/mol. The lowest BCUT2D eigenvalue weighted by Crippen LogP contribution is -2.37. The molecule has 0 atom stereocenters. The minimum absolute atomic E-state index is 0.237. The van der Waals surface area contributed by atoms with E-state index < -0.39 is 0 Å². The van der Waals surface area contributed by atoms with Crippen LogP contribution in [0.2, 0.25) is 0 Å². The van der Waals surface area contributed by atoms with Gasteiger partial charge < -0.3 is 20.5 Å². The maximum atomic E-state index is 5.82. The number of aromatic amines is 1. The van der Waals surface area contributed by atoms with Gasteiger partial charge in [-0.2, -0.15) is 9.97 Å². The van der Waals surface area contributed by atoms with Crippen LogP contribution in [0.1, 0.15) is 0 Å². The van der Waals surface area contributed by atoms with E-state index in [1.165, 1.54) is 5.69 Å². The number of para-hydroxylation sites is 2. The van der Waals surface area contributed by atoms with Crippen molar-refractivity contribution in [3.05, 3.63) is 30.6 Å². The highest BCUT2D eigenvalue weighted by atomic mass is 15.3. The molecule has 1 aromatic carbocycles. The summed E-state index contributed by atoms with van der Waals surface area (Å²) in [5, 5.41) is 0. The number of H-pyrrole nitrogens is 1. The molecule has 0 aliphatic carbocycles. The lowest BCUT2D eigenvalue weighted by molar-refractivity contribution is 0.815. The highest BCUT2D eigenvalue weighted by Gasteiger charge is 2.24. The van der Waals surface area contributed by atoms with Crippen molar-refractivity contribution < 1.29 is 0 Å². The third kappa shape index (κ3) is 1.78. The third-order valence-electron chi connectivity index (χ3n) is 3.78. The van der Waals surface area contributed by atoms with Gasteiger partial charge in [-0.25, -0.2) is 4.98 Å². The molecule has 7 nitrogen and oxygen atoms in total. The second kappa shape index (κ2) is 4.34. The SMILES string of the molecule is CN1CCN(c2nc(N)nc3nc[nH]c23)c2ccccc21. The van der Waals surface area contributed by atoms with Gasteiger partial charge in [0.25, 0.3) is 0 Å². The summed E-state index contributed by atoms with van der Waals surface area (Å²) in [6.07, 6.45) is 1.62. The largest absolute Gasteiger partial charge is 0.371 e. The predicted molar refractivity (Wildman–Crippen MR) is 82.8 cm³/mol. The summed E-state index contributed by atoms with van der Waals surface area (Å²) in [6.45, 7) is 1.74. The van der Waals surface area contributed by atoms with Crippen molar-refractivity contribution in [1.82, 2.24) is 19.9 Å². The molecule has 21 heavy (non-hydrogen) atoms. The minimum Gasteiger partial charge on any atom is -0.371 e. The van der Waals surface area contributed by atoms with Crippen LogP contribution in [-0.4, -0.2) is 40.1 Å². The van der Waals surface area contributed by atoms with E-state index in [1.807, 2.05) is 12.1 Å². The van der Waals surface area contributed by atoms with E-state index in [0.717, 1.165) is 30.1 Å². The number of anilines is 4. The molecule has 1 aliphatic heterocycles. The molecule has 2 aromatic heterocycles. The topological polar surface area (TPSA) is 87.0 Å². The number of aromatic nitrogens is 4. The summed E-state index contributed by atoms with van der Waals surface area (Å²) < 4.78 is 0. The molecule has 0 radical (unpaired) electrons. The molecule has 0 fully saturated rings. The van der Waals surface area contributed by atoms with Gasteiger partial charge in [0.15, 0.2) is 11.5 Å². The Morgan fingerprint density at radius 2 is 1.95 bits per heavy atom. The fourth-order valence-corrected chi connectivity index (χ4v) is 2.76. The van der Waals surface area contributed by atoms with Crippen LogP contribution < -0.4 is 15.5 Å². The van der Waals surface area contributed by atoms with E-state index >= 15 is 0 Å². The molecular formula is C14H15N7. The number of hydrogen-bond acceptors (Lipinski definition) is 6. The normalized spacial score (nSPS) is 14.5. The summed E-state index contributed by atoms with van der Waals surface area (Å²) >= 11 is 0. The van der Waals surface area contributed by atoms with Gasteiger partial charge in [-0.15, -0.1) is 0 Å². The summed E-state index contributed by atoms with van der Waals surface area (Å²) in [7, 11) is 2.09. The zero-order valence-electron chi connectivity index (χ0n) is 11.6. The highest BCUT2D eigenvalue weighted by Crippen LogP contribution is 2.37. The molecule has 0 unspecified atom stereocenters. The lowest BCUT2D eigenvalue weighted by Gasteiger charge is -2.36. The second-order valence-electron chi connectivity index (χ2n) is 5.07. The van der Waals surface area contributed by atoms with Crippen LogP contribution in [0.3, 0.4) is 0 Å². The minimum atomic E-state index is 0.237. The number of benzene rings is 1. The third-order valence-corrected chi connectivity index (χ3v) is 3.78. The fourth-order valence-electron chi connectivity index (χ4n) is 2.76. The van der Waals surface area contributed by atoms with Gasteiger partial charge in [0, 0.05) is 20.1 Å². The smallest absolute Gasteiger partial charge is 0.224 e. The Kier molecular flexibility index (Phi) is 2.47. The number of nitrogen functional groups attached to an aromatic ring is 1. The summed E-state index contributed by atoms with van der Waals surface area (Å²) in [6, 6.07) is 8.26. The molecule has 0 spiro atoms. The zero-order chi connectivity index (χ0) is 14.4. The van der Waals surface area contributed by atoms with Crippen molar-refractivity contribution in [3.63, 3.8) is 0 Å². The van der Waals surface area contributed by atoms with Crippen molar-refractivity contribution in [2.45, 2.75) is 0 Å². The van der Waals surface area contributed by atoms with E-state index in [9.17, 15) is 0 Å². The lowest BCUT2D eigenvalue weighted by atomic mass is 10.1. The number of fused-ring (bicyclic) bond motifs is 2. The zero-order valence-corrected chi connectivity index (χ0v) is 11.6. The standard InChI is InChI=1S/C14H15N7/c1-20-6-7-21(10-5-3-2-4-9(10)20)13-11-12(17-8-16-11)18-14(15)19-13/h2-5,8H,6-7H2,1H3,(H3,15,16,17,18,19). The molecule has 4 rings (SSSR count). The number of nitrogens with two attached hydrogens (primary N) is 1. The van der Waals surface area contributed by atoms with Gasteiger partial charge in [-0.1, -0.05) is 12.1 Å². The fraction of sp³-hybridized carbons (Fsp3) is 0.214. The first-order chi connectivity index (χ1) is 10.2. The molecule has 1 aliphatic rings. The van der Waals surface area contributed by atoms with Crippen molar-refractivity contribution in [2.75, 3.05) is 35.7 Å². The molecule has 0 saturated heterocycles. The number of hydrogen-bond donors (Lipinski definition) is 2. The molecule has 7 heteroatoms. The number of likely N-dealkylation sites (N-methyl/N-ethyl adjacent to an activating group) is 1. The number of nitrogens with one attached hydrogen (secondary N) is 1. The molecule has 0 amide bonds. The number of imidazole rings is 1. The summed E-state index contributed by atoms with van der Waals surface area (Å²) in [4.78, 5) is 20.3. The Balaban J connectivity index is 1.94. The Hall–Kier alpha value is -2.83. The highest BCUT2D eigenvalue weighted by molar-refractivity contribution is 5.90. The van der Waals surface area contributed by atoms with Crippen LogP contribution in [0.15, 0.2) is 30.6 Å². The van der Waals surface area contributed by atoms with Gasteiger partial charge in [0.05, 0.1) is 17.7 Å². The maximum Gasteiger partial charge on any atom is 0.224 e. The molecule has 0 saturated carbocycles. The van der Waals surface area contributed by atoms with Gasteiger partial charge >= 0.3 is 0 Å². The second-order valence-corrected chi connectivity index (χ2v) is 5.07. The summed E-state index contributed by atoms with van der Waals surface area (Å²) in [5.41, 5.74) is 9.51. The van der Waals surface area contributed by atoms with Crippen molar-refractivity contribution >= 4 is 34.3 Å². The quantitative estimate of drug-likeness (QED) is 0.703. The van der Waals surface area contributed by atoms with E-state index in [2.05, 4.69) is 48.9 Å². The van der Waals surface area contributed by atoms with Crippen LogP contribution in [0.25, 0.3) is 11.2 Å². The van der Waals surface area contributed by atoms with Crippen LogP contribution in [0.5, 0.6) is 0 Å². The Labute approximate surface area is 121 Å². The van der Waals surface area contributed by atoms with Gasteiger partial charge in [0.2, 0.25) is 5.95 Å². The van der Waals surface area contributed by atoms with E-state index in [-0.39, 0.29) is 5.95 Å². The van der Waals surface area contributed by atoms with E-state index in [0.29, 0.717) is 5.65 Å². The first-order valence-corrected chi connectivity index (χ1v) is 6.78. The van der Waals surface area contributed by atoms with Crippen LogP contribution in [0.4, 0.5) is 23.1 Å². The molecule has 3 aromatic rings. The Bertz CT molecular complexity index is 810. The average Bonchev–Trinajstić information content (AvgIpc) is 2.95. The maximum absolute atomic E-state index is 5.82. The Morgan fingerprint density at radius 1 is 1.14 bits per heavy atom. The average molecular weight is 281 g/mol. The molecule has 3 heterocycles. The molecule has 0 bridgehead atoms. The van der Waals surface area contributed by atoms with Crippen LogP contribution in [-0.2, 0) is 0 Å². The van der Waals surface area contributed by atoms with Gasteiger partial charge in [-0.3, -0.25) is 0 Å². The van der Waals surface area contributed by atoms with E-state index in [1.54, 1.807) is 6.33 Å². The van der Waals surface area contributed by atoms with Crippen molar-refractivity contribution in [2.24, 2.45) is 0 Å². The number of nitrogens with zero attached hydrogens (tertiary/aromatic N) is 5. The Morgan fingerprint density at radius 3 is 2.81 bits per heavy atom. The summed E-state index contributed by atoms with van der Waals surface area (Å²) in [5.74, 6) is 1.01.